The molecule has 23 heavy (non-hydrogen) atoms. The standard InChI is InChI=1S/C17H24BrN3O2/c1-2-9-21-10-7-15(8-11-21)20-16(22)12-19-17(23)13-3-5-14(18)6-4-13/h3-6,15H,2,7-12H2,1H3,(H,19,23)(H,20,22)/p+1. The summed E-state index contributed by atoms with van der Waals surface area (Å²) in [6.45, 7) is 5.67. The predicted octanol–water partition coefficient (Wildman–Crippen LogP) is 0.752. The molecule has 1 aromatic rings. The zero-order valence-corrected chi connectivity index (χ0v) is 15.1. The fraction of sp³-hybridized carbons (Fsp3) is 0.529. The van der Waals surface area contributed by atoms with Crippen molar-refractivity contribution >= 4 is 27.7 Å². The molecule has 1 aliphatic rings. The van der Waals surface area contributed by atoms with Crippen LogP contribution in [0.1, 0.15) is 36.5 Å². The summed E-state index contributed by atoms with van der Waals surface area (Å²) in [5.74, 6) is -0.339. The van der Waals surface area contributed by atoms with Crippen LogP contribution in [0.15, 0.2) is 28.7 Å². The topological polar surface area (TPSA) is 62.6 Å². The number of hydrogen-bond acceptors (Lipinski definition) is 2. The summed E-state index contributed by atoms with van der Waals surface area (Å²) in [5, 5.41) is 5.69. The molecule has 1 fully saturated rings. The highest BCUT2D eigenvalue weighted by atomic mass is 79.9. The highest BCUT2D eigenvalue weighted by molar-refractivity contribution is 9.10. The van der Waals surface area contributed by atoms with E-state index in [2.05, 4.69) is 33.5 Å². The van der Waals surface area contributed by atoms with Gasteiger partial charge in [0.15, 0.2) is 0 Å². The maximum Gasteiger partial charge on any atom is 0.251 e. The van der Waals surface area contributed by atoms with Gasteiger partial charge in [0.1, 0.15) is 0 Å². The van der Waals surface area contributed by atoms with E-state index >= 15 is 0 Å². The van der Waals surface area contributed by atoms with Gasteiger partial charge in [0.25, 0.3) is 5.91 Å². The summed E-state index contributed by atoms with van der Waals surface area (Å²) in [4.78, 5) is 25.6. The van der Waals surface area contributed by atoms with Crippen LogP contribution in [0, 0.1) is 0 Å². The zero-order valence-electron chi connectivity index (χ0n) is 13.5. The smallest absolute Gasteiger partial charge is 0.251 e. The molecule has 1 aromatic carbocycles. The summed E-state index contributed by atoms with van der Waals surface area (Å²) < 4.78 is 0.920. The molecule has 0 saturated carbocycles. The van der Waals surface area contributed by atoms with Crippen molar-refractivity contribution in [3.05, 3.63) is 34.3 Å². The number of piperidine rings is 1. The Balaban J connectivity index is 1.69. The van der Waals surface area contributed by atoms with Crippen molar-refractivity contribution in [2.45, 2.75) is 32.2 Å². The van der Waals surface area contributed by atoms with Crippen LogP contribution in [0.25, 0.3) is 0 Å². The minimum Gasteiger partial charge on any atom is -0.351 e. The molecule has 0 bridgehead atoms. The Hall–Kier alpha value is -1.40. The van der Waals surface area contributed by atoms with Crippen molar-refractivity contribution in [2.24, 2.45) is 0 Å². The Labute approximate surface area is 145 Å². The number of carbonyl (C=O) groups is 2. The number of quaternary nitrogens is 1. The molecular formula is C17H25BrN3O2+. The summed E-state index contributed by atoms with van der Waals surface area (Å²) in [6, 6.07) is 7.31. The van der Waals surface area contributed by atoms with Crippen molar-refractivity contribution in [2.75, 3.05) is 26.2 Å². The molecule has 126 valence electrons. The summed E-state index contributed by atoms with van der Waals surface area (Å²) in [7, 11) is 0. The van der Waals surface area contributed by atoms with Crippen molar-refractivity contribution in [1.82, 2.24) is 10.6 Å². The molecule has 1 aliphatic heterocycles. The third-order valence-corrected chi connectivity index (χ3v) is 4.71. The monoisotopic (exact) mass is 382 g/mol. The second-order valence-corrected chi connectivity index (χ2v) is 6.95. The van der Waals surface area contributed by atoms with E-state index in [-0.39, 0.29) is 24.4 Å². The van der Waals surface area contributed by atoms with Crippen molar-refractivity contribution < 1.29 is 14.5 Å². The number of carbonyl (C=O) groups excluding carboxylic acids is 2. The van der Waals surface area contributed by atoms with E-state index in [1.54, 1.807) is 29.2 Å². The second-order valence-electron chi connectivity index (χ2n) is 6.03. The van der Waals surface area contributed by atoms with Crippen molar-refractivity contribution in [3.63, 3.8) is 0 Å². The number of likely N-dealkylation sites (tertiary alicyclic amines) is 1. The van der Waals surface area contributed by atoms with Crippen molar-refractivity contribution in [3.8, 4) is 0 Å². The lowest BCUT2D eigenvalue weighted by Crippen LogP contribution is -3.13. The van der Waals surface area contributed by atoms with Crippen LogP contribution in [0.5, 0.6) is 0 Å². The minimum absolute atomic E-state index is 0.0247. The molecule has 0 spiro atoms. The number of hydrogen-bond donors (Lipinski definition) is 3. The molecule has 0 radical (unpaired) electrons. The summed E-state index contributed by atoms with van der Waals surface area (Å²) >= 11 is 3.33. The normalized spacial score (nSPS) is 20.8. The van der Waals surface area contributed by atoms with Gasteiger partial charge in [0.05, 0.1) is 26.2 Å². The Morgan fingerprint density at radius 2 is 1.87 bits per heavy atom. The molecule has 0 atom stereocenters. The van der Waals surface area contributed by atoms with Crippen LogP contribution < -0.4 is 15.5 Å². The number of benzene rings is 1. The van der Waals surface area contributed by atoms with Gasteiger partial charge in [-0.25, -0.2) is 0 Å². The quantitative estimate of drug-likeness (QED) is 0.679. The van der Waals surface area contributed by atoms with Crippen LogP contribution in [-0.4, -0.2) is 44.0 Å². The molecule has 0 aliphatic carbocycles. The van der Waals surface area contributed by atoms with Gasteiger partial charge in [-0.05, 0) is 30.7 Å². The van der Waals surface area contributed by atoms with Gasteiger partial charge in [-0.2, -0.15) is 0 Å². The van der Waals surface area contributed by atoms with Gasteiger partial charge < -0.3 is 15.5 Å². The molecular weight excluding hydrogens is 358 g/mol. The largest absolute Gasteiger partial charge is 0.351 e. The van der Waals surface area contributed by atoms with Crippen LogP contribution in [-0.2, 0) is 4.79 Å². The van der Waals surface area contributed by atoms with Gasteiger partial charge in [-0.3, -0.25) is 9.59 Å². The number of rotatable bonds is 6. The van der Waals surface area contributed by atoms with Gasteiger partial charge in [-0.15, -0.1) is 0 Å². The van der Waals surface area contributed by atoms with Crippen LogP contribution >= 0.6 is 15.9 Å². The predicted molar refractivity (Wildman–Crippen MR) is 93.5 cm³/mol. The lowest BCUT2D eigenvalue weighted by Gasteiger charge is -2.29. The van der Waals surface area contributed by atoms with Crippen LogP contribution in [0.2, 0.25) is 0 Å². The minimum atomic E-state index is -0.227. The average molecular weight is 383 g/mol. The van der Waals surface area contributed by atoms with Gasteiger partial charge in [0, 0.05) is 28.9 Å². The van der Waals surface area contributed by atoms with E-state index in [0.29, 0.717) is 5.56 Å². The van der Waals surface area contributed by atoms with Gasteiger partial charge in [0.2, 0.25) is 5.91 Å². The first-order valence-corrected chi connectivity index (χ1v) is 9.04. The molecule has 1 heterocycles. The molecule has 2 amide bonds. The zero-order chi connectivity index (χ0) is 16.7. The highest BCUT2D eigenvalue weighted by Gasteiger charge is 2.22. The fourth-order valence-electron chi connectivity index (χ4n) is 2.92. The SMILES string of the molecule is CCC[NH+]1CCC(NC(=O)CNC(=O)c2ccc(Br)cc2)CC1. The van der Waals surface area contributed by atoms with Crippen LogP contribution in [0.3, 0.4) is 0 Å². The fourth-order valence-corrected chi connectivity index (χ4v) is 3.18. The third-order valence-electron chi connectivity index (χ3n) is 4.18. The van der Waals surface area contributed by atoms with Crippen LogP contribution in [0.4, 0.5) is 0 Å². The van der Waals surface area contributed by atoms with E-state index in [0.717, 1.165) is 30.4 Å². The molecule has 5 nitrogen and oxygen atoms in total. The lowest BCUT2D eigenvalue weighted by molar-refractivity contribution is -0.905. The number of amides is 2. The molecule has 3 N–H and O–H groups in total. The lowest BCUT2D eigenvalue weighted by atomic mass is 10.0. The summed E-state index contributed by atoms with van der Waals surface area (Å²) in [6.07, 6.45) is 3.23. The van der Waals surface area contributed by atoms with E-state index in [9.17, 15) is 9.59 Å². The number of nitrogens with one attached hydrogen (secondary N) is 3. The average Bonchev–Trinajstić information content (AvgIpc) is 2.55. The van der Waals surface area contributed by atoms with E-state index in [1.165, 1.54) is 13.0 Å². The Morgan fingerprint density at radius 1 is 1.22 bits per heavy atom. The molecule has 0 aromatic heterocycles. The first-order chi connectivity index (χ1) is 11.1. The van der Waals surface area contributed by atoms with Crippen molar-refractivity contribution in [1.29, 1.82) is 0 Å². The highest BCUT2D eigenvalue weighted by Crippen LogP contribution is 2.10. The first-order valence-electron chi connectivity index (χ1n) is 8.25. The number of halogens is 1. The Kier molecular flexibility index (Phi) is 7.05. The van der Waals surface area contributed by atoms with E-state index < -0.39 is 0 Å². The second kappa shape index (κ2) is 9.03. The molecule has 1 saturated heterocycles. The summed E-state index contributed by atoms with van der Waals surface area (Å²) in [5.41, 5.74) is 0.553. The Morgan fingerprint density at radius 3 is 2.48 bits per heavy atom. The Bertz CT molecular complexity index is 525. The first kappa shape index (κ1) is 17.9. The van der Waals surface area contributed by atoms with Gasteiger partial charge in [-0.1, -0.05) is 22.9 Å². The molecule has 0 unspecified atom stereocenters. The molecule has 2 rings (SSSR count). The maximum absolute atomic E-state index is 12.0. The molecule has 6 heteroatoms. The van der Waals surface area contributed by atoms with Gasteiger partial charge >= 0.3 is 0 Å². The third kappa shape index (κ3) is 5.95. The van der Waals surface area contributed by atoms with E-state index in [4.69, 9.17) is 0 Å². The van der Waals surface area contributed by atoms with E-state index in [1.807, 2.05) is 0 Å². The maximum atomic E-state index is 12.0.